The van der Waals surface area contributed by atoms with E-state index in [1.807, 2.05) is 0 Å². The zero-order valence-corrected chi connectivity index (χ0v) is 19.9. The smallest absolute Gasteiger partial charge is 0.196 e. The summed E-state index contributed by atoms with van der Waals surface area (Å²) in [5.74, 6) is -0.974. The minimum atomic E-state index is -0.308. The van der Waals surface area contributed by atoms with Crippen molar-refractivity contribution >= 4 is 56.3 Å². The Morgan fingerprint density at radius 1 is 0.556 bits per heavy atom. The van der Waals surface area contributed by atoms with Gasteiger partial charge in [0.05, 0.1) is 20.8 Å². The standard InChI is InChI=1S/C29H12ClNO4S/c30-24-18(10-9-17-23(24)28(35)16-8-4-3-7-15(16)25(17)32)29-31-21-11-19-20(12-22(21)36-29)27(34)14-6-2-1-5-13(14)26(19)33/h1-12H. The predicted octanol–water partition coefficient (Wildman–Crippen LogP) is 6.17. The Bertz CT molecular complexity index is 1810. The highest BCUT2D eigenvalue weighted by Crippen LogP contribution is 2.41. The van der Waals surface area contributed by atoms with Gasteiger partial charge in [0.25, 0.3) is 0 Å². The van der Waals surface area contributed by atoms with Crippen LogP contribution in [0.3, 0.4) is 0 Å². The molecule has 5 nitrogen and oxygen atoms in total. The highest BCUT2D eigenvalue weighted by Gasteiger charge is 2.33. The van der Waals surface area contributed by atoms with Crippen molar-refractivity contribution in [2.45, 2.75) is 0 Å². The van der Waals surface area contributed by atoms with Crippen molar-refractivity contribution in [3.05, 3.63) is 122 Å². The first kappa shape index (κ1) is 21.1. The van der Waals surface area contributed by atoms with Gasteiger partial charge < -0.3 is 0 Å². The number of rotatable bonds is 1. The molecule has 7 heteroatoms. The van der Waals surface area contributed by atoms with Crippen molar-refractivity contribution in [2.24, 2.45) is 0 Å². The van der Waals surface area contributed by atoms with Crippen molar-refractivity contribution in [3.8, 4) is 10.6 Å². The van der Waals surface area contributed by atoms with Crippen molar-refractivity contribution < 1.29 is 19.2 Å². The summed E-state index contributed by atoms with van der Waals surface area (Å²) in [7, 11) is 0. The van der Waals surface area contributed by atoms with Gasteiger partial charge in [-0.05, 0) is 24.3 Å². The summed E-state index contributed by atoms with van der Waals surface area (Å²) >= 11 is 8.04. The van der Waals surface area contributed by atoms with Crippen LogP contribution in [0.25, 0.3) is 20.8 Å². The van der Waals surface area contributed by atoms with E-state index in [2.05, 4.69) is 4.98 Å². The summed E-state index contributed by atoms with van der Waals surface area (Å²) in [5, 5.41) is 0.681. The predicted molar refractivity (Wildman–Crippen MR) is 137 cm³/mol. The van der Waals surface area contributed by atoms with E-state index in [4.69, 9.17) is 11.6 Å². The maximum atomic E-state index is 13.3. The van der Waals surface area contributed by atoms with E-state index in [9.17, 15) is 19.2 Å². The summed E-state index contributed by atoms with van der Waals surface area (Å²) < 4.78 is 0.714. The summed E-state index contributed by atoms with van der Waals surface area (Å²) in [6.07, 6.45) is 0. The van der Waals surface area contributed by atoms with E-state index >= 15 is 0 Å². The third kappa shape index (κ3) is 2.74. The van der Waals surface area contributed by atoms with E-state index < -0.39 is 0 Å². The number of carbonyl (C=O) groups excluding carboxylic acids is 4. The SMILES string of the molecule is O=C1c2ccccc2C(=O)c2cc3sc(-c4ccc5c(c4Cl)C(=O)c4ccccc4C5=O)nc3cc21. The molecular formula is C29H12ClNO4S. The lowest BCUT2D eigenvalue weighted by Crippen LogP contribution is -2.21. The van der Waals surface area contributed by atoms with Crippen molar-refractivity contribution in [1.82, 2.24) is 4.98 Å². The van der Waals surface area contributed by atoms with Crippen LogP contribution in [-0.4, -0.2) is 28.1 Å². The van der Waals surface area contributed by atoms with Crippen LogP contribution in [0.1, 0.15) is 63.7 Å². The number of benzene rings is 4. The largest absolute Gasteiger partial charge is 0.289 e. The topological polar surface area (TPSA) is 81.2 Å². The Hall–Kier alpha value is -4.26. The Balaban J connectivity index is 1.39. The van der Waals surface area contributed by atoms with Gasteiger partial charge in [0.1, 0.15) is 5.01 Å². The van der Waals surface area contributed by atoms with Gasteiger partial charge in [0.15, 0.2) is 23.1 Å². The average Bonchev–Trinajstić information content (AvgIpc) is 3.32. The van der Waals surface area contributed by atoms with Crippen molar-refractivity contribution in [3.63, 3.8) is 0 Å². The number of aromatic nitrogens is 1. The van der Waals surface area contributed by atoms with Crippen LogP contribution >= 0.6 is 22.9 Å². The summed E-state index contributed by atoms with van der Waals surface area (Å²) in [6, 6.07) is 20.1. The number of nitrogens with zero attached hydrogens (tertiary/aromatic N) is 1. The van der Waals surface area contributed by atoms with Gasteiger partial charge in [-0.25, -0.2) is 4.98 Å². The Morgan fingerprint density at radius 2 is 1.06 bits per heavy atom. The molecule has 170 valence electrons. The van der Waals surface area contributed by atoms with Crippen LogP contribution in [0.5, 0.6) is 0 Å². The second-order valence-electron chi connectivity index (χ2n) is 8.64. The second kappa shape index (κ2) is 7.37. The molecule has 0 N–H and O–H groups in total. The maximum Gasteiger partial charge on any atom is 0.196 e. The molecule has 4 aromatic carbocycles. The molecule has 7 rings (SSSR count). The zero-order chi connectivity index (χ0) is 24.7. The van der Waals surface area contributed by atoms with Crippen LogP contribution in [0, 0.1) is 0 Å². The quantitative estimate of drug-likeness (QED) is 0.266. The molecule has 0 fully saturated rings. The van der Waals surface area contributed by atoms with Gasteiger partial charge in [-0.15, -0.1) is 11.3 Å². The highest BCUT2D eigenvalue weighted by molar-refractivity contribution is 7.21. The molecule has 1 heterocycles. The number of hydrogen-bond donors (Lipinski definition) is 0. The minimum Gasteiger partial charge on any atom is -0.289 e. The van der Waals surface area contributed by atoms with Crippen LogP contribution < -0.4 is 0 Å². The molecule has 2 aliphatic rings. The van der Waals surface area contributed by atoms with E-state index in [1.165, 1.54) is 11.3 Å². The lowest BCUT2D eigenvalue weighted by Gasteiger charge is -2.19. The molecule has 0 aliphatic heterocycles. The van der Waals surface area contributed by atoms with Crippen LogP contribution in [0.15, 0.2) is 72.8 Å². The van der Waals surface area contributed by atoms with Gasteiger partial charge >= 0.3 is 0 Å². The Labute approximate surface area is 213 Å². The van der Waals surface area contributed by atoms with E-state index in [1.54, 1.807) is 72.8 Å². The molecule has 0 saturated carbocycles. The molecule has 1 aromatic heterocycles. The fourth-order valence-electron chi connectivity index (χ4n) is 4.95. The fraction of sp³-hybridized carbons (Fsp3) is 0. The minimum absolute atomic E-state index is 0.156. The Morgan fingerprint density at radius 3 is 1.67 bits per heavy atom. The first-order chi connectivity index (χ1) is 17.4. The first-order valence-electron chi connectivity index (χ1n) is 11.1. The third-order valence-electron chi connectivity index (χ3n) is 6.69. The lowest BCUT2D eigenvalue weighted by atomic mass is 9.83. The van der Waals surface area contributed by atoms with Crippen LogP contribution in [0.4, 0.5) is 0 Å². The van der Waals surface area contributed by atoms with Crippen LogP contribution in [-0.2, 0) is 0 Å². The number of ketones is 4. The number of halogens is 1. The van der Waals surface area contributed by atoms with E-state index in [-0.39, 0.29) is 39.3 Å². The summed E-state index contributed by atoms with van der Waals surface area (Å²) in [6.45, 7) is 0. The van der Waals surface area contributed by atoms with E-state index in [0.29, 0.717) is 54.2 Å². The number of hydrogen-bond acceptors (Lipinski definition) is 6. The molecule has 0 radical (unpaired) electrons. The fourth-order valence-corrected chi connectivity index (χ4v) is 6.36. The van der Waals surface area contributed by atoms with Crippen molar-refractivity contribution in [1.29, 1.82) is 0 Å². The number of thiazole rings is 1. The molecule has 0 amide bonds. The molecule has 0 bridgehead atoms. The summed E-state index contributed by atoms with van der Waals surface area (Å²) in [4.78, 5) is 57.1. The molecule has 0 atom stereocenters. The zero-order valence-electron chi connectivity index (χ0n) is 18.3. The normalized spacial score (nSPS) is 13.9. The molecule has 0 saturated heterocycles. The lowest BCUT2D eigenvalue weighted by molar-refractivity contribution is 0.0979. The molecule has 2 aliphatic carbocycles. The second-order valence-corrected chi connectivity index (χ2v) is 10.1. The maximum absolute atomic E-state index is 13.3. The molecule has 5 aromatic rings. The van der Waals surface area contributed by atoms with Crippen LogP contribution in [0.2, 0.25) is 5.02 Å². The molecular weight excluding hydrogens is 494 g/mol. The number of fused-ring (bicyclic) bond motifs is 5. The van der Waals surface area contributed by atoms with Gasteiger partial charge in [0, 0.05) is 44.5 Å². The molecule has 0 unspecified atom stereocenters. The first-order valence-corrected chi connectivity index (χ1v) is 12.3. The Kier molecular flexibility index (Phi) is 4.31. The average molecular weight is 506 g/mol. The molecule has 0 spiro atoms. The van der Waals surface area contributed by atoms with Gasteiger partial charge in [-0.3, -0.25) is 19.2 Å². The van der Waals surface area contributed by atoms with Gasteiger partial charge in [0.2, 0.25) is 0 Å². The van der Waals surface area contributed by atoms with E-state index in [0.717, 1.165) is 0 Å². The van der Waals surface area contributed by atoms with Crippen molar-refractivity contribution in [2.75, 3.05) is 0 Å². The summed E-state index contributed by atoms with van der Waals surface area (Å²) in [5.41, 5.74) is 3.60. The third-order valence-corrected chi connectivity index (χ3v) is 8.14. The highest BCUT2D eigenvalue weighted by atomic mass is 35.5. The van der Waals surface area contributed by atoms with Gasteiger partial charge in [-0.1, -0.05) is 60.1 Å². The molecule has 36 heavy (non-hydrogen) atoms. The monoisotopic (exact) mass is 505 g/mol. The van der Waals surface area contributed by atoms with Gasteiger partial charge in [-0.2, -0.15) is 0 Å². The number of carbonyl (C=O) groups is 4.